The Bertz CT molecular complexity index is 506. The lowest BCUT2D eigenvalue weighted by Crippen LogP contribution is -2.27. The highest BCUT2D eigenvalue weighted by Crippen LogP contribution is 2.26. The highest BCUT2D eigenvalue weighted by molar-refractivity contribution is 5.71. The predicted octanol–water partition coefficient (Wildman–Crippen LogP) is 0.514. The average Bonchev–Trinajstić information content (AvgIpc) is 2.42. The second-order valence-corrected chi connectivity index (χ2v) is 3.64. The molecule has 0 atom stereocenters. The van der Waals surface area contributed by atoms with Gasteiger partial charge in [-0.1, -0.05) is 0 Å². The molecule has 0 spiro atoms. The molecule has 0 unspecified atom stereocenters. The molecule has 0 aromatic heterocycles. The van der Waals surface area contributed by atoms with Gasteiger partial charge in [0, 0.05) is 18.3 Å². The summed E-state index contributed by atoms with van der Waals surface area (Å²) in [6, 6.07) is 4.23. The van der Waals surface area contributed by atoms with Crippen molar-refractivity contribution in [1.29, 1.82) is 0 Å². The summed E-state index contributed by atoms with van der Waals surface area (Å²) in [5, 5.41) is 15.8. The molecule has 1 aromatic carbocycles. The molecule has 0 aliphatic heterocycles. The van der Waals surface area contributed by atoms with Crippen molar-refractivity contribution in [2.45, 2.75) is 0 Å². The van der Waals surface area contributed by atoms with E-state index in [1.165, 1.54) is 18.2 Å². The van der Waals surface area contributed by atoms with Crippen LogP contribution in [0.2, 0.25) is 0 Å². The normalized spacial score (nSPS) is 9.60. The number of hydrogen-bond donors (Lipinski definition) is 3. The van der Waals surface area contributed by atoms with Crippen LogP contribution < -0.4 is 16.4 Å². The maximum absolute atomic E-state index is 11.0. The Kier molecular flexibility index (Phi) is 5.75. The van der Waals surface area contributed by atoms with E-state index in [-0.39, 0.29) is 36.8 Å². The summed E-state index contributed by atoms with van der Waals surface area (Å²) in [5.74, 6) is 0. The van der Waals surface area contributed by atoms with Gasteiger partial charge in [-0.2, -0.15) is 0 Å². The molecule has 20 heavy (non-hydrogen) atoms. The van der Waals surface area contributed by atoms with Crippen LogP contribution in [0.25, 0.3) is 0 Å². The highest BCUT2D eigenvalue weighted by Gasteiger charge is 2.13. The summed E-state index contributed by atoms with van der Waals surface area (Å²) in [7, 11) is 0. The Hall–Kier alpha value is -2.84. The molecule has 1 amide bonds. The van der Waals surface area contributed by atoms with Crippen LogP contribution in [-0.2, 0) is 9.53 Å². The standard InChI is InChI=1S/C11H14N4O5/c12-8-1-2-9(10(7-8)15(18)19)13-4-6-20-11(17)14-3-5-16/h1-2,5,7,13H,3-4,6,12H2,(H,14,17). The fourth-order valence-electron chi connectivity index (χ4n) is 1.35. The van der Waals surface area contributed by atoms with Crippen molar-refractivity contribution in [3.8, 4) is 0 Å². The Morgan fingerprint density at radius 2 is 2.25 bits per heavy atom. The minimum absolute atomic E-state index is 0.00772. The zero-order valence-electron chi connectivity index (χ0n) is 10.5. The van der Waals surface area contributed by atoms with E-state index in [0.29, 0.717) is 6.29 Å². The lowest BCUT2D eigenvalue weighted by atomic mass is 10.2. The van der Waals surface area contributed by atoms with Gasteiger partial charge in [-0.15, -0.1) is 0 Å². The van der Waals surface area contributed by atoms with Gasteiger partial charge < -0.3 is 25.9 Å². The Labute approximate surface area is 114 Å². The zero-order valence-corrected chi connectivity index (χ0v) is 10.5. The largest absolute Gasteiger partial charge is 0.448 e. The molecule has 108 valence electrons. The van der Waals surface area contributed by atoms with Gasteiger partial charge in [0.1, 0.15) is 18.6 Å². The zero-order chi connectivity index (χ0) is 15.0. The van der Waals surface area contributed by atoms with E-state index in [9.17, 15) is 19.7 Å². The molecular formula is C11H14N4O5. The van der Waals surface area contributed by atoms with Gasteiger partial charge in [0.2, 0.25) is 0 Å². The molecular weight excluding hydrogens is 268 g/mol. The van der Waals surface area contributed by atoms with Crippen LogP contribution in [-0.4, -0.2) is 37.0 Å². The number of ether oxygens (including phenoxy) is 1. The van der Waals surface area contributed by atoms with Crippen LogP contribution in [0, 0.1) is 10.1 Å². The van der Waals surface area contributed by atoms with Crippen LogP contribution in [0.4, 0.5) is 21.9 Å². The molecule has 0 fully saturated rings. The number of hydrogen-bond acceptors (Lipinski definition) is 7. The number of nitro groups is 1. The Balaban J connectivity index is 2.44. The van der Waals surface area contributed by atoms with Gasteiger partial charge in [-0.25, -0.2) is 4.79 Å². The fraction of sp³-hybridized carbons (Fsp3) is 0.273. The Morgan fingerprint density at radius 1 is 1.50 bits per heavy atom. The minimum atomic E-state index is -0.731. The maximum Gasteiger partial charge on any atom is 0.407 e. The van der Waals surface area contributed by atoms with E-state index < -0.39 is 11.0 Å². The van der Waals surface area contributed by atoms with Crippen molar-refractivity contribution in [2.24, 2.45) is 0 Å². The number of aldehydes is 1. The molecule has 4 N–H and O–H groups in total. The summed E-state index contributed by atoms with van der Waals surface area (Å²) < 4.78 is 4.72. The van der Waals surface area contributed by atoms with Crippen molar-refractivity contribution in [2.75, 3.05) is 30.7 Å². The first kappa shape index (κ1) is 15.2. The van der Waals surface area contributed by atoms with Crippen LogP contribution in [0.1, 0.15) is 0 Å². The van der Waals surface area contributed by atoms with Crippen molar-refractivity contribution < 1.29 is 19.2 Å². The second-order valence-electron chi connectivity index (χ2n) is 3.64. The third-order valence-corrected chi connectivity index (χ3v) is 2.20. The fourth-order valence-corrected chi connectivity index (χ4v) is 1.35. The number of nitrogens with one attached hydrogen (secondary N) is 2. The van der Waals surface area contributed by atoms with Crippen LogP contribution in [0.3, 0.4) is 0 Å². The summed E-state index contributed by atoms with van der Waals surface area (Å²) in [5.41, 5.74) is 5.87. The van der Waals surface area contributed by atoms with Crippen molar-refractivity contribution >= 4 is 29.4 Å². The first-order valence-corrected chi connectivity index (χ1v) is 5.66. The lowest BCUT2D eigenvalue weighted by Gasteiger charge is -2.08. The van der Waals surface area contributed by atoms with E-state index >= 15 is 0 Å². The summed E-state index contributed by atoms with van der Waals surface area (Å²) in [4.78, 5) is 31.2. The van der Waals surface area contributed by atoms with E-state index in [0.717, 1.165) is 0 Å². The number of carbonyl (C=O) groups is 2. The number of anilines is 2. The SMILES string of the molecule is Nc1ccc(NCCOC(=O)NCC=O)c([N+](=O)[O-])c1. The van der Waals surface area contributed by atoms with Gasteiger partial charge in [0.15, 0.2) is 0 Å². The number of nitro benzene ring substituents is 1. The molecule has 9 heteroatoms. The number of rotatable bonds is 7. The number of nitrogen functional groups attached to an aromatic ring is 1. The summed E-state index contributed by atoms with van der Waals surface area (Å²) >= 11 is 0. The highest BCUT2D eigenvalue weighted by atomic mass is 16.6. The smallest absolute Gasteiger partial charge is 0.407 e. The quantitative estimate of drug-likeness (QED) is 0.218. The number of nitrogens with two attached hydrogens (primary N) is 1. The second kappa shape index (κ2) is 7.56. The molecule has 0 saturated heterocycles. The molecule has 0 radical (unpaired) electrons. The Morgan fingerprint density at radius 3 is 2.90 bits per heavy atom. The average molecular weight is 282 g/mol. The van der Waals surface area contributed by atoms with E-state index in [2.05, 4.69) is 10.6 Å². The van der Waals surface area contributed by atoms with Gasteiger partial charge >= 0.3 is 6.09 Å². The number of alkyl carbamates (subject to hydrolysis) is 1. The topological polar surface area (TPSA) is 137 Å². The van der Waals surface area contributed by atoms with Crippen molar-refractivity contribution in [1.82, 2.24) is 5.32 Å². The van der Waals surface area contributed by atoms with E-state index in [1.54, 1.807) is 0 Å². The lowest BCUT2D eigenvalue weighted by molar-refractivity contribution is -0.383. The van der Waals surface area contributed by atoms with Crippen LogP contribution >= 0.6 is 0 Å². The third-order valence-electron chi connectivity index (χ3n) is 2.20. The first-order valence-electron chi connectivity index (χ1n) is 5.66. The van der Waals surface area contributed by atoms with Gasteiger partial charge in [0.25, 0.3) is 5.69 Å². The number of benzene rings is 1. The molecule has 0 aliphatic rings. The molecule has 1 rings (SSSR count). The van der Waals surface area contributed by atoms with Gasteiger partial charge in [0.05, 0.1) is 11.5 Å². The van der Waals surface area contributed by atoms with Crippen molar-refractivity contribution in [3.63, 3.8) is 0 Å². The monoisotopic (exact) mass is 282 g/mol. The molecule has 1 aromatic rings. The summed E-state index contributed by atoms with van der Waals surface area (Å²) in [6.07, 6.45) is -0.206. The molecule has 0 aliphatic carbocycles. The molecule has 9 nitrogen and oxygen atoms in total. The number of nitrogens with zero attached hydrogens (tertiary/aromatic N) is 1. The first-order chi connectivity index (χ1) is 9.54. The van der Waals surface area contributed by atoms with Gasteiger partial charge in [-0.05, 0) is 12.1 Å². The predicted molar refractivity (Wildman–Crippen MR) is 71.4 cm³/mol. The minimum Gasteiger partial charge on any atom is -0.448 e. The third kappa shape index (κ3) is 4.80. The van der Waals surface area contributed by atoms with Crippen LogP contribution in [0.15, 0.2) is 18.2 Å². The number of amides is 1. The van der Waals surface area contributed by atoms with Crippen molar-refractivity contribution in [3.05, 3.63) is 28.3 Å². The molecule has 0 heterocycles. The van der Waals surface area contributed by atoms with Crippen LogP contribution in [0.5, 0.6) is 0 Å². The van der Waals surface area contributed by atoms with E-state index in [1.807, 2.05) is 0 Å². The number of carbonyl (C=O) groups excluding carboxylic acids is 2. The summed E-state index contributed by atoms with van der Waals surface area (Å²) in [6.45, 7) is 0.0428. The molecule has 0 saturated carbocycles. The van der Waals surface area contributed by atoms with Gasteiger partial charge in [-0.3, -0.25) is 10.1 Å². The maximum atomic E-state index is 11.0. The van der Waals surface area contributed by atoms with E-state index in [4.69, 9.17) is 10.5 Å². The molecule has 0 bridgehead atoms.